The minimum Gasteiger partial charge on any atom is -0.459 e. The number of nitrogens with one attached hydrogen (secondary N) is 1. The van der Waals surface area contributed by atoms with Gasteiger partial charge in [0.05, 0.1) is 6.26 Å². The number of carbonyl (C=O) groups excluding carboxylic acids is 2. The molecule has 7 nitrogen and oxygen atoms in total. The third-order valence-electron chi connectivity index (χ3n) is 4.67. The number of unbranched alkanes of at least 4 members (excludes halogenated alkanes) is 2. The molecule has 3 rings (SSSR count). The van der Waals surface area contributed by atoms with Crippen LogP contribution in [0.15, 0.2) is 41.1 Å². The number of rotatable bonds is 7. The summed E-state index contributed by atoms with van der Waals surface area (Å²) in [5, 5.41) is 3.34. The molecule has 0 bridgehead atoms. The highest BCUT2D eigenvalue weighted by atomic mass is 16.3. The second-order valence-corrected chi connectivity index (χ2v) is 6.63. The highest BCUT2D eigenvalue weighted by Crippen LogP contribution is 2.14. The minimum atomic E-state index is -0.136. The number of aromatic nitrogens is 1. The largest absolute Gasteiger partial charge is 0.459 e. The number of furan rings is 1. The molecule has 0 atom stereocenters. The molecule has 0 radical (unpaired) electrons. The maximum absolute atomic E-state index is 12.7. The summed E-state index contributed by atoms with van der Waals surface area (Å²) in [5.41, 5.74) is 1.34. The summed E-state index contributed by atoms with van der Waals surface area (Å²) in [7, 11) is 0. The van der Waals surface area contributed by atoms with Crippen molar-refractivity contribution in [1.29, 1.82) is 0 Å². The van der Waals surface area contributed by atoms with E-state index in [4.69, 9.17) is 4.42 Å². The van der Waals surface area contributed by atoms with Gasteiger partial charge in [-0.15, -0.1) is 0 Å². The van der Waals surface area contributed by atoms with Crippen LogP contribution in [0.5, 0.6) is 0 Å². The first-order valence-electron chi connectivity index (χ1n) is 9.51. The van der Waals surface area contributed by atoms with Gasteiger partial charge < -0.3 is 19.5 Å². The Morgan fingerprint density at radius 1 is 1.11 bits per heavy atom. The van der Waals surface area contributed by atoms with Crippen molar-refractivity contribution in [3.63, 3.8) is 0 Å². The smallest absolute Gasteiger partial charge is 0.289 e. The average Bonchev–Trinajstić information content (AvgIpc) is 3.25. The van der Waals surface area contributed by atoms with E-state index in [1.165, 1.54) is 19.1 Å². The zero-order chi connectivity index (χ0) is 19.1. The Morgan fingerprint density at radius 3 is 2.52 bits per heavy atom. The van der Waals surface area contributed by atoms with Crippen molar-refractivity contribution in [3.8, 4) is 0 Å². The summed E-state index contributed by atoms with van der Waals surface area (Å²) in [6.07, 6.45) is 6.61. The van der Waals surface area contributed by atoms with Crippen LogP contribution in [0.2, 0.25) is 0 Å². The monoisotopic (exact) mass is 370 g/mol. The van der Waals surface area contributed by atoms with Crippen molar-refractivity contribution in [1.82, 2.24) is 14.8 Å². The molecule has 0 spiro atoms. The van der Waals surface area contributed by atoms with E-state index in [0.717, 1.165) is 18.7 Å². The Bertz CT molecular complexity index is 752. The molecule has 2 aromatic rings. The summed E-state index contributed by atoms with van der Waals surface area (Å²) < 4.78 is 5.16. The second kappa shape index (κ2) is 9.21. The molecule has 3 heterocycles. The lowest BCUT2D eigenvalue weighted by Gasteiger charge is -2.34. The van der Waals surface area contributed by atoms with Crippen molar-refractivity contribution in [3.05, 3.63) is 48.2 Å². The van der Waals surface area contributed by atoms with Gasteiger partial charge in [0.25, 0.3) is 11.8 Å². The second-order valence-electron chi connectivity index (χ2n) is 6.63. The molecule has 1 saturated heterocycles. The Hall–Kier alpha value is -2.83. The molecule has 7 heteroatoms. The molecular weight excluding hydrogens is 344 g/mol. The summed E-state index contributed by atoms with van der Waals surface area (Å²) in [4.78, 5) is 32.7. The standard InChI is InChI=1S/C20H26N4O3/c1-2-3-4-8-21-16-7-9-22-17(15-16)19(25)23-10-12-24(13-11-23)20(26)18-6-5-14-27-18/h5-7,9,14-15H,2-4,8,10-13H2,1H3,(H,21,22). The van der Waals surface area contributed by atoms with E-state index >= 15 is 0 Å². The molecular formula is C20H26N4O3. The fraction of sp³-hybridized carbons (Fsp3) is 0.450. The molecule has 1 aliphatic rings. The molecule has 0 saturated carbocycles. The lowest BCUT2D eigenvalue weighted by Crippen LogP contribution is -2.50. The van der Waals surface area contributed by atoms with Gasteiger partial charge in [-0.05, 0) is 30.7 Å². The molecule has 144 valence electrons. The van der Waals surface area contributed by atoms with Crippen molar-refractivity contribution in [2.24, 2.45) is 0 Å². The van der Waals surface area contributed by atoms with Gasteiger partial charge in [-0.3, -0.25) is 14.6 Å². The van der Waals surface area contributed by atoms with Crippen molar-refractivity contribution >= 4 is 17.5 Å². The number of hydrogen-bond donors (Lipinski definition) is 1. The maximum atomic E-state index is 12.7. The fourth-order valence-electron chi connectivity index (χ4n) is 3.10. The van der Waals surface area contributed by atoms with E-state index in [1.54, 1.807) is 34.2 Å². The first-order valence-corrected chi connectivity index (χ1v) is 9.51. The molecule has 27 heavy (non-hydrogen) atoms. The predicted molar refractivity (Wildman–Crippen MR) is 103 cm³/mol. The maximum Gasteiger partial charge on any atom is 0.289 e. The van der Waals surface area contributed by atoms with Crippen LogP contribution in [0.1, 0.15) is 47.2 Å². The van der Waals surface area contributed by atoms with E-state index in [9.17, 15) is 9.59 Å². The van der Waals surface area contributed by atoms with Gasteiger partial charge in [-0.25, -0.2) is 0 Å². The van der Waals surface area contributed by atoms with Crippen LogP contribution in [-0.4, -0.2) is 59.3 Å². The predicted octanol–water partition coefficient (Wildman–Crippen LogP) is 2.87. The number of anilines is 1. The van der Waals surface area contributed by atoms with Crippen LogP contribution in [0.3, 0.4) is 0 Å². The average molecular weight is 370 g/mol. The topological polar surface area (TPSA) is 78.7 Å². The Balaban J connectivity index is 1.54. The number of hydrogen-bond acceptors (Lipinski definition) is 5. The molecule has 2 amide bonds. The van der Waals surface area contributed by atoms with Gasteiger partial charge in [-0.2, -0.15) is 0 Å². The van der Waals surface area contributed by atoms with Crippen LogP contribution in [0, 0.1) is 0 Å². The minimum absolute atomic E-state index is 0.0997. The third-order valence-corrected chi connectivity index (χ3v) is 4.67. The quantitative estimate of drug-likeness (QED) is 0.758. The summed E-state index contributed by atoms with van der Waals surface area (Å²) in [5.74, 6) is 0.0964. The number of nitrogens with zero attached hydrogens (tertiary/aromatic N) is 3. The molecule has 0 unspecified atom stereocenters. The third kappa shape index (κ3) is 4.87. The number of carbonyl (C=O) groups is 2. The number of piperazine rings is 1. The summed E-state index contributed by atoms with van der Waals surface area (Å²) in [6, 6.07) is 7.03. The zero-order valence-electron chi connectivity index (χ0n) is 15.7. The van der Waals surface area contributed by atoms with E-state index in [-0.39, 0.29) is 11.8 Å². The van der Waals surface area contributed by atoms with Crippen LogP contribution in [-0.2, 0) is 0 Å². The molecule has 0 aliphatic carbocycles. The number of amides is 2. The molecule has 0 aromatic carbocycles. The van der Waals surface area contributed by atoms with Crippen LogP contribution < -0.4 is 5.32 Å². The first-order chi connectivity index (χ1) is 13.2. The van der Waals surface area contributed by atoms with Crippen molar-refractivity contribution in [2.45, 2.75) is 26.2 Å². The Kier molecular flexibility index (Phi) is 6.46. The Morgan fingerprint density at radius 2 is 1.85 bits per heavy atom. The highest BCUT2D eigenvalue weighted by Gasteiger charge is 2.27. The normalized spacial score (nSPS) is 14.3. The van der Waals surface area contributed by atoms with Gasteiger partial charge in [0, 0.05) is 44.6 Å². The summed E-state index contributed by atoms with van der Waals surface area (Å²) in [6.45, 7) is 5.01. The van der Waals surface area contributed by atoms with Gasteiger partial charge in [0.15, 0.2) is 5.76 Å². The van der Waals surface area contributed by atoms with Crippen LogP contribution >= 0.6 is 0 Å². The van der Waals surface area contributed by atoms with Gasteiger partial charge in [0.1, 0.15) is 5.69 Å². The lowest BCUT2D eigenvalue weighted by molar-refractivity contribution is 0.0515. The lowest BCUT2D eigenvalue weighted by atomic mass is 10.2. The molecule has 2 aromatic heterocycles. The van der Waals surface area contributed by atoms with Crippen LogP contribution in [0.25, 0.3) is 0 Å². The van der Waals surface area contributed by atoms with Crippen molar-refractivity contribution in [2.75, 3.05) is 38.0 Å². The molecule has 1 fully saturated rings. The first kappa shape index (κ1) is 18.9. The van der Waals surface area contributed by atoms with Crippen molar-refractivity contribution < 1.29 is 14.0 Å². The van der Waals surface area contributed by atoms with E-state index in [2.05, 4.69) is 17.2 Å². The van der Waals surface area contributed by atoms with Gasteiger partial charge >= 0.3 is 0 Å². The van der Waals surface area contributed by atoms with Gasteiger partial charge in [-0.1, -0.05) is 19.8 Å². The van der Waals surface area contributed by atoms with E-state index in [0.29, 0.717) is 37.6 Å². The summed E-state index contributed by atoms with van der Waals surface area (Å²) >= 11 is 0. The SMILES string of the molecule is CCCCCNc1ccnc(C(=O)N2CCN(C(=O)c3ccco3)CC2)c1. The van der Waals surface area contributed by atoms with E-state index < -0.39 is 0 Å². The highest BCUT2D eigenvalue weighted by molar-refractivity contribution is 5.94. The Labute approximate surface area is 159 Å². The molecule has 1 N–H and O–H groups in total. The van der Waals surface area contributed by atoms with Crippen LogP contribution in [0.4, 0.5) is 5.69 Å². The molecule has 1 aliphatic heterocycles. The zero-order valence-corrected chi connectivity index (χ0v) is 15.7. The van der Waals surface area contributed by atoms with Gasteiger partial charge in [0.2, 0.25) is 0 Å². The number of pyridine rings is 1. The van der Waals surface area contributed by atoms with E-state index in [1.807, 2.05) is 6.07 Å². The fourth-order valence-corrected chi connectivity index (χ4v) is 3.10.